The van der Waals surface area contributed by atoms with Crippen LogP contribution < -0.4 is 5.32 Å². The molecule has 0 bridgehead atoms. The van der Waals surface area contributed by atoms with Crippen molar-refractivity contribution in [1.82, 2.24) is 4.98 Å². The number of aromatic nitrogens is 1. The van der Waals surface area contributed by atoms with Crippen molar-refractivity contribution in [2.24, 2.45) is 5.92 Å². The lowest BCUT2D eigenvalue weighted by Crippen LogP contribution is -2.11. The molecule has 1 heterocycles. The Kier molecular flexibility index (Phi) is 6.54. The molecule has 8 nitrogen and oxygen atoms in total. The van der Waals surface area contributed by atoms with Crippen molar-refractivity contribution in [3.8, 4) is 0 Å². The number of carbonyl (C=O) groups is 1. The summed E-state index contributed by atoms with van der Waals surface area (Å²) in [6.07, 6.45) is 1.76. The molecule has 2 N–H and O–H groups in total. The van der Waals surface area contributed by atoms with Crippen molar-refractivity contribution in [1.29, 1.82) is 0 Å². The predicted octanol–water partition coefficient (Wildman–Crippen LogP) is 2.16. The van der Waals surface area contributed by atoms with Gasteiger partial charge >= 0.3 is 11.7 Å². The van der Waals surface area contributed by atoms with Crippen LogP contribution in [0, 0.1) is 16.0 Å². The summed E-state index contributed by atoms with van der Waals surface area (Å²) in [6, 6.07) is 0.993. The van der Waals surface area contributed by atoms with Gasteiger partial charge in [-0.1, -0.05) is 13.8 Å². The van der Waals surface area contributed by atoms with Crippen LogP contribution in [0.5, 0.6) is 0 Å². The summed E-state index contributed by atoms with van der Waals surface area (Å²) < 4.78 is 5.39. The molecule has 0 aromatic carbocycles. The number of anilines is 1. The number of nitro groups is 1. The molecule has 8 heteroatoms. The Bertz CT molecular complexity index is 505. The van der Waals surface area contributed by atoms with E-state index in [2.05, 4.69) is 24.1 Å². The SMILES string of the molecule is CC(C)COCCCNc1ncc(C(=O)O)cc1[N+](=O)[O-]. The first-order valence-corrected chi connectivity index (χ1v) is 6.61. The number of rotatable bonds is 9. The highest BCUT2D eigenvalue weighted by atomic mass is 16.6. The van der Waals surface area contributed by atoms with E-state index >= 15 is 0 Å². The molecular weight excluding hydrogens is 278 g/mol. The molecule has 21 heavy (non-hydrogen) atoms. The van der Waals surface area contributed by atoms with Crippen molar-refractivity contribution in [2.45, 2.75) is 20.3 Å². The molecule has 0 aliphatic carbocycles. The van der Waals surface area contributed by atoms with Crippen LogP contribution in [0.3, 0.4) is 0 Å². The van der Waals surface area contributed by atoms with E-state index in [0.29, 0.717) is 32.1 Å². The first kappa shape index (κ1) is 16.8. The minimum absolute atomic E-state index is 0.0638. The molecule has 0 fully saturated rings. The monoisotopic (exact) mass is 297 g/mol. The van der Waals surface area contributed by atoms with E-state index in [4.69, 9.17) is 9.84 Å². The van der Waals surface area contributed by atoms with Gasteiger partial charge in [0.25, 0.3) is 0 Å². The van der Waals surface area contributed by atoms with Gasteiger partial charge in [-0.3, -0.25) is 10.1 Å². The fourth-order valence-corrected chi connectivity index (χ4v) is 1.55. The van der Waals surface area contributed by atoms with E-state index in [1.165, 1.54) is 0 Å². The molecule has 0 saturated heterocycles. The minimum Gasteiger partial charge on any atom is -0.478 e. The second kappa shape index (κ2) is 8.15. The fraction of sp³-hybridized carbons (Fsp3) is 0.538. The van der Waals surface area contributed by atoms with Gasteiger partial charge in [0.1, 0.15) is 0 Å². The number of aromatic carboxylic acids is 1. The molecule has 1 aromatic rings. The Morgan fingerprint density at radius 2 is 2.29 bits per heavy atom. The highest BCUT2D eigenvalue weighted by molar-refractivity contribution is 5.88. The lowest BCUT2D eigenvalue weighted by molar-refractivity contribution is -0.384. The molecule has 0 unspecified atom stereocenters. The third kappa shape index (κ3) is 5.74. The first-order chi connectivity index (χ1) is 9.91. The smallest absolute Gasteiger partial charge is 0.337 e. The first-order valence-electron chi connectivity index (χ1n) is 6.61. The maximum atomic E-state index is 10.9. The van der Waals surface area contributed by atoms with E-state index in [1.54, 1.807) is 0 Å². The zero-order chi connectivity index (χ0) is 15.8. The molecule has 0 saturated carbocycles. The van der Waals surface area contributed by atoms with Crippen molar-refractivity contribution in [3.63, 3.8) is 0 Å². The summed E-state index contributed by atoms with van der Waals surface area (Å²) in [5, 5.41) is 22.5. The van der Waals surface area contributed by atoms with Crippen LogP contribution in [0.1, 0.15) is 30.6 Å². The molecule has 1 aromatic heterocycles. The maximum Gasteiger partial charge on any atom is 0.337 e. The third-order valence-corrected chi connectivity index (χ3v) is 2.52. The number of nitrogens with one attached hydrogen (secondary N) is 1. The quantitative estimate of drug-likeness (QED) is 0.407. The summed E-state index contributed by atoms with van der Waals surface area (Å²) in [6.45, 7) is 5.78. The van der Waals surface area contributed by atoms with E-state index < -0.39 is 10.9 Å². The zero-order valence-corrected chi connectivity index (χ0v) is 12.0. The number of carboxylic acids is 1. The highest BCUT2D eigenvalue weighted by Gasteiger charge is 2.18. The number of carboxylic acid groups (broad SMARTS) is 1. The number of pyridine rings is 1. The van der Waals surface area contributed by atoms with Crippen LogP contribution in [0.25, 0.3) is 0 Å². The van der Waals surface area contributed by atoms with Gasteiger partial charge in [0.2, 0.25) is 5.82 Å². The van der Waals surface area contributed by atoms with E-state index in [1.807, 2.05) is 0 Å². The van der Waals surface area contributed by atoms with Gasteiger partial charge < -0.3 is 15.2 Å². The van der Waals surface area contributed by atoms with Crippen LogP contribution in [-0.2, 0) is 4.74 Å². The van der Waals surface area contributed by atoms with Crippen molar-refractivity contribution in [3.05, 3.63) is 27.9 Å². The second-order valence-electron chi connectivity index (χ2n) is 4.90. The molecule has 0 atom stereocenters. The van der Waals surface area contributed by atoms with E-state index in [0.717, 1.165) is 12.3 Å². The van der Waals surface area contributed by atoms with Crippen LogP contribution in [0.15, 0.2) is 12.3 Å². The van der Waals surface area contributed by atoms with Crippen molar-refractivity contribution in [2.75, 3.05) is 25.1 Å². The fourth-order valence-electron chi connectivity index (χ4n) is 1.55. The molecule has 116 valence electrons. The molecule has 0 amide bonds. The lowest BCUT2D eigenvalue weighted by Gasteiger charge is -2.08. The Balaban J connectivity index is 2.54. The topological polar surface area (TPSA) is 115 Å². The average Bonchev–Trinajstić information content (AvgIpc) is 2.42. The van der Waals surface area contributed by atoms with Crippen LogP contribution in [-0.4, -0.2) is 40.7 Å². The summed E-state index contributed by atoms with van der Waals surface area (Å²) in [5.74, 6) is -0.725. The van der Waals surface area contributed by atoms with Crippen molar-refractivity contribution < 1.29 is 19.6 Å². The summed E-state index contributed by atoms with van der Waals surface area (Å²) in [5.41, 5.74) is -0.564. The lowest BCUT2D eigenvalue weighted by atomic mass is 10.2. The summed E-state index contributed by atoms with van der Waals surface area (Å²) in [7, 11) is 0. The minimum atomic E-state index is -1.25. The number of hydrogen-bond donors (Lipinski definition) is 2. The normalized spacial score (nSPS) is 10.6. The van der Waals surface area contributed by atoms with Gasteiger partial charge in [0.05, 0.1) is 10.5 Å². The Hall–Kier alpha value is -2.22. The molecule has 0 aliphatic rings. The van der Waals surface area contributed by atoms with Gasteiger partial charge in [0.15, 0.2) is 0 Å². The predicted molar refractivity (Wildman–Crippen MR) is 76.6 cm³/mol. The molecular formula is C13H19N3O5. The Labute approximate surface area is 122 Å². The van der Waals surface area contributed by atoms with Gasteiger partial charge in [-0.15, -0.1) is 0 Å². The average molecular weight is 297 g/mol. The Morgan fingerprint density at radius 1 is 1.57 bits per heavy atom. The van der Waals surface area contributed by atoms with Crippen LogP contribution >= 0.6 is 0 Å². The van der Waals surface area contributed by atoms with Gasteiger partial charge in [-0.2, -0.15) is 0 Å². The van der Waals surface area contributed by atoms with Gasteiger partial charge in [-0.05, 0) is 12.3 Å². The largest absolute Gasteiger partial charge is 0.478 e. The maximum absolute atomic E-state index is 10.9. The molecule has 0 radical (unpaired) electrons. The van der Waals surface area contributed by atoms with Gasteiger partial charge in [0, 0.05) is 32.0 Å². The van der Waals surface area contributed by atoms with Crippen LogP contribution in [0.2, 0.25) is 0 Å². The number of nitrogens with zero attached hydrogens (tertiary/aromatic N) is 2. The van der Waals surface area contributed by atoms with E-state index in [-0.39, 0.29) is 17.1 Å². The standard InChI is InChI=1S/C13H19N3O5/c1-9(2)8-21-5-3-4-14-12-11(16(19)20)6-10(7-15-12)13(17)18/h6-7,9H,3-5,8H2,1-2H3,(H,14,15)(H,17,18). The second-order valence-corrected chi connectivity index (χ2v) is 4.90. The number of ether oxygens (including phenoxy) is 1. The summed E-state index contributed by atoms with van der Waals surface area (Å²) >= 11 is 0. The highest BCUT2D eigenvalue weighted by Crippen LogP contribution is 2.22. The van der Waals surface area contributed by atoms with Crippen LogP contribution in [0.4, 0.5) is 11.5 Å². The molecule has 0 spiro atoms. The number of hydrogen-bond acceptors (Lipinski definition) is 6. The molecule has 0 aliphatic heterocycles. The zero-order valence-electron chi connectivity index (χ0n) is 12.0. The van der Waals surface area contributed by atoms with Gasteiger partial charge in [-0.25, -0.2) is 9.78 Å². The summed E-state index contributed by atoms with van der Waals surface area (Å²) in [4.78, 5) is 24.8. The Morgan fingerprint density at radius 3 is 2.86 bits per heavy atom. The molecule has 1 rings (SSSR count). The van der Waals surface area contributed by atoms with Crippen molar-refractivity contribution >= 4 is 17.5 Å². The van der Waals surface area contributed by atoms with E-state index in [9.17, 15) is 14.9 Å². The third-order valence-electron chi connectivity index (χ3n) is 2.52.